The van der Waals surface area contributed by atoms with Crippen LogP contribution in [0.3, 0.4) is 0 Å². The summed E-state index contributed by atoms with van der Waals surface area (Å²) in [5.74, 6) is 1.42. The number of pyridine rings is 2. The monoisotopic (exact) mass is 442 g/mol. The van der Waals surface area contributed by atoms with E-state index in [0.717, 1.165) is 16.8 Å². The van der Waals surface area contributed by atoms with E-state index in [1.54, 1.807) is 14.0 Å². The Balaban J connectivity index is 0.000000220. The molecule has 0 aliphatic heterocycles. The standard InChI is InChI=1S/C11H11NO4S.C11H11NO.CH4/c1-7-11-8(5-6-12-7)10(17(13,14)15)4-3-9(11)16-2;1-8-11-9(6-7-12-8)4-3-5-10(11)13-2;/h3-6H,1-2H3,(H,13,14,15);3-7H,1-2H3;1H4. The van der Waals surface area contributed by atoms with Crippen LogP contribution < -0.4 is 9.47 Å². The Morgan fingerprint density at radius 3 is 2.00 bits per heavy atom. The van der Waals surface area contributed by atoms with Crippen molar-refractivity contribution in [1.82, 2.24) is 9.97 Å². The zero-order chi connectivity index (χ0) is 21.9. The Labute approximate surface area is 182 Å². The maximum Gasteiger partial charge on any atom is 0.295 e. The Morgan fingerprint density at radius 1 is 0.806 bits per heavy atom. The largest absolute Gasteiger partial charge is 0.496 e. The van der Waals surface area contributed by atoms with E-state index in [1.807, 2.05) is 31.3 Å². The van der Waals surface area contributed by atoms with Crippen LogP contribution in [0.1, 0.15) is 18.8 Å². The molecule has 0 aliphatic rings. The van der Waals surface area contributed by atoms with Crippen LogP contribution >= 0.6 is 0 Å². The molecule has 1 N–H and O–H groups in total. The third-order valence-corrected chi connectivity index (χ3v) is 5.61. The van der Waals surface area contributed by atoms with Crippen molar-refractivity contribution < 1.29 is 22.4 Å². The number of benzene rings is 2. The van der Waals surface area contributed by atoms with Gasteiger partial charge in [-0.15, -0.1) is 0 Å². The van der Waals surface area contributed by atoms with E-state index in [0.29, 0.717) is 22.2 Å². The van der Waals surface area contributed by atoms with Crippen molar-refractivity contribution in [2.75, 3.05) is 14.2 Å². The minimum atomic E-state index is -4.25. The van der Waals surface area contributed by atoms with E-state index in [9.17, 15) is 8.42 Å². The minimum absolute atomic E-state index is 0. The first-order valence-corrected chi connectivity index (χ1v) is 10.5. The molecule has 2 aromatic heterocycles. The van der Waals surface area contributed by atoms with Gasteiger partial charge in [-0.1, -0.05) is 19.6 Å². The van der Waals surface area contributed by atoms with Crippen LogP contribution in [0.15, 0.2) is 59.8 Å². The van der Waals surface area contributed by atoms with Gasteiger partial charge in [0.1, 0.15) is 16.4 Å². The van der Waals surface area contributed by atoms with Crippen LogP contribution in [-0.2, 0) is 10.1 Å². The maximum atomic E-state index is 11.3. The summed E-state index contributed by atoms with van der Waals surface area (Å²) in [4.78, 5) is 8.18. The summed E-state index contributed by atoms with van der Waals surface area (Å²) in [5, 5.41) is 3.27. The van der Waals surface area contributed by atoms with Gasteiger partial charge in [-0.3, -0.25) is 14.5 Å². The van der Waals surface area contributed by atoms with Gasteiger partial charge in [0.2, 0.25) is 0 Å². The van der Waals surface area contributed by atoms with Gasteiger partial charge in [-0.25, -0.2) is 0 Å². The maximum absolute atomic E-state index is 11.3. The van der Waals surface area contributed by atoms with Crippen molar-refractivity contribution in [3.63, 3.8) is 0 Å². The van der Waals surface area contributed by atoms with Crippen LogP contribution in [0.25, 0.3) is 21.5 Å². The van der Waals surface area contributed by atoms with Gasteiger partial charge < -0.3 is 9.47 Å². The lowest BCUT2D eigenvalue weighted by molar-refractivity contribution is 0.419. The molecule has 0 saturated carbocycles. The molecule has 0 fully saturated rings. The van der Waals surface area contributed by atoms with Crippen molar-refractivity contribution in [1.29, 1.82) is 0 Å². The average Bonchev–Trinajstić information content (AvgIpc) is 2.72. The summed E-state index contributed by atoms with van der Waals surface area (Å²) in [5.41, 5.74) is 1.65. The molecule has 0 amide bonds. The fraction of sp³-hybridized carbons (Fsp3) is 0.217. The number of nitrogens with zero attached hydrogens (tertiary/aromatic N) is 2. The highest BCUT2D eigenvalue weighted by Crippen LogP contribution is 2.32. The first kappa shape index (κ1) is 24.0. The molecule has 2 heterocycles. The van der Waals surface area contributed by atoms with Crippen molar-refractivity contribution in [3.05, 3.63) is 66.2 Å². The molecule has 0 bridgehead atoms. The fourth-order valence-corrected chi connectivity index (χ4v) is 4.03. The highest BCUT2D eigenvalue weighted by atomic mass is 32.2. The number of rotatable bonds is 3. The fourth-order valence-electron chi connectivity index (χ4n) is 3.34. The highest BCUT2D eigenvalue weighted by molar-refractivity contribution is 7.86. The molecule has 164 valence electrons. The third kappa shape index (κ3) is 4.92. The summed E-state index contributed by atoms with van der Waals surface area (Å²) < 4.78 is 42.1. The van der Waals surface area contributed by atoms with Crippen LogP contribution in [0.4, 0.5) is 0 Å². The molecule has 0 atom stereocenters. The van der Waals surface area contributed by atoms with Crippen molar-refractivity contribution in [2.45, 2.75) is 26.2 Å². The van der Waals surface area contributed by atoms with Crippen LogP contribution in [-0.4, -0.2) is 37.2 Å². The smallest absolute Gasteiger partial charge is 0.295 e. The molecule has 4 aromatic rings. The second-order valence-electron chi connectivity index (χ2n) is 6.51. The van der Waals surface area contributed by atoms with Gasteiger partial charge in [0.25, 0.3) is 10.1 Å². The number of ether oxygens (including phenoxy) is 2. The van der Waals surface area contributed by atoms with Crippen molar-refractivity contribution >= 4 is 31.7 Å². The zero-order valence-electron chi connectivity index (χ0n) is 17.1. The SMILES string of the molecule is C.COc1ccc(S(=O)(=O)O)c2ccnc(C)c12.COc1cccc2ccnc(C)c12. The molecule has 0 radical (unpaired) electrons. The average molecular weight is 443 g/mol. The molecule has 7 nitrogen and oxygen atoms in total. The second kappa shape index (κ2) is 9.72. The summed E-state index contributed by atoms with van der Waals surface area (Å²) in [6.45, 7) is 3.74. The lowest BCUT2D eigenvalue weighted by atomic mass is 10.1. The van der Waals surface area contributed by atoms with Gasteiger partial charge in [0, 0.05) is 39.9 Å². The number of aryl methyl sites for hydroxylation is 2. The van der Waals surface area contributed by atoms with Gasteiger partial charge in [-0.05, 0) is 49.6 Å². The van der Waals surface area contributed by atoms with Crippen molar-refractivity contribution in [3.8, 4) is 11.5 Å². The summed E-state index contributed by atoms with van der Waals surface area (Å²) >= 11 is 0. The van der Waals surface area contributed by atoms with Crippen LogP contribution in [0.5, 0.6) is 11.5 Å². The molecule has 31 heavy (non-hydrogen) atoms. The van der Waals surface area contributed by atoms with Gasteiger partial charge >= 0.3 is 0 Å². The molecule has 4 rings (SSSR count). The Bertz CT molecular complexity index is 1320. The number of fused-ring (bicyclic) bond motifs is 2. The number of hydrogen-bond donors (Lipinski definition) is 1. The van der Waals surface area contributed by atoms with E-state index >= 15 is 0 Å². The molecule has 0 aliphatic carbocycles. The quantitative estimate of drug-likeness (QED) is 0.446. The molecule has 0 saturated heterocycles. The summed E-state index contributed by atoms with van der Waals surface area (Å²) in [6, 6.07) is 12.3. The van der Waals surface area contributed by atoms with E-state index < -0.39 is 10.1 Å². The first-order chi connectivity index (χ1) is 14.3. The molecular weight excluding hydrogens is 416 g/mol. The molecule has 8 heteroatoms. The zero-order valence-corrected chi connectivity index (χ0v) is 17.9. The van der Waals surface area contributed by atoms with E-state index in [2.05, 4.69) is 16.0 Å². The van der Waals surface area contributed by atoms with Gasteiger partial charge in [-0.2, -0.15) is 8.42 Å². The van der Waals surface area contributed by atoms with E-state index in [-0.39, 0.29) is 12.3 Å². The number of hydrogen-bond acceptors (Lipinski definition) is 6. The predicted octanol–water partition coefficient (Wildman–Crippen LogP) is 4.99. The summed E-state index contributed by atoms with van der Waals surface area (Å²) in [7, 11) is -1.08. The van der Waals surface area contributed by atoms with Crippen LogP contribution in [0.2, 0.25) is 0 Å². The lowest BCUT2D eigenvalue weighted by Gasteiger charge is -2.10. The predicted molar refractivity (Wildman–Crippen MR) is 123 cm³/mol. The third-order valence-electron chi connectivity index (χ3n) is 4.70. The highest BCUT2D eigenvalue weighted by Gasteiger charge is 2.17. The minimum Gasteiger partial charge on any atom is -0.496 e. The Morgan fingerprint density at radius 2 is 1.39 bits per heavy atom. The van der Waals surface area contributed by atoms with E-state index in [4.69, 9.17) is 14.0 Å². The van der Waals surface area contributed by atoms with Gasteiger partial charge in [0.15, 0.2) is 0 Å². The Hall–Kier alpha value is -3.23. The van der Waals surface area contributed by atoms with Crippen molar-refractivity contribution in [2.24, 2.45) is 0 Å². The molecule has 0 unspecified atom stereocenters. The summed E-state index contributed by atoms with van der Waals surface area (Å²) in [6.07, 6.45) is 3.31. The van der Waals surface area contributed by atoms with Crippen LogP contribution in [0, 0.1) is 13.8 Å². The number of methoxy groups -OCH3 is 2. The topological polar surface area (TPSA) is 98.6 Å². The normalized spacial score (nSPS) is 10.7. The molecular formula is C23H26N2O5S. The number of aromatic nitrogens is 2. The molecule has 2 aromatic carbocycles. The van der Waals surface area contributed by atoms with Gasteiger partial charge in [0.05, 0.1) is 14.2 Å². The second-order valence-corrected chi connectivity index (χ2v) is 7.90. The lowest BCUT2D eigenvalue weighted by Crippen LogP contribution is -2.01. The Kier molecular flexibility index (Phi) is 7.54. The molecule has 0 spiro atoms. The van der Waals surface area contributed by atoms with E-state index in [1.165, 1.54) is 36.9 Å². The first-order valence-electron chi connectivity index (χ1n) is 9.06.